The van der Waals surface area contributed by atoms with Gasteiger partial charge in [-0.25, -0.2) is 9.18 Å². The highest BCUT2D eigenvalue weighted by Gasteiger charge is 2.20. The van der Waals surface area contributed by atoms with Crippen LogP contribution < -0.4 is 9.47 Å². The second-order valence-electron chi connectivity index (χ2n) is 6.79. The first-order valence-corrected chi connectivity index (χ1v) is 9.82. The third-order valence-corrected chi connectivity index (χ3v) is 4.64. The molecule has 0 unspecified atom stereocenters. The number of methoxy groups -OCH3 is 1. The Bertz CT molecular complexity index is 1080. The second-order valence-corrected chi connectivity index (χ2v) is 6.79. The Morgan fingerprint density at radius 2 is 1.78 bits per heavy atom. The number of amides is 1. The third-order valence-electron chi connectivity index (χ3n) is 4.64. The fourth-order valence-electron chi connectivity index (χ4n) is 2.98. The van der Waals surface area contributed by atoms with Crippen molar-refractivity contribution in [1.29, 1.82) is 5.26 Å². The van der Waals surface area contributed by atoms with Crippen LogP contribution in [-0.4, -0.2) is 50.2 Å². The first-order chi connectivity index (χ1) is 15.5. The van der Waals surface area contributed by atoms with Crippen LogP contribution in [0.5, 0.6) is 11.5 Å². The predicted molar refractivity (Wildman–Crippen MR) is 115 cm³/mol. The molecule has 2 aromatic carbocycles. The Morgan fingerprint density at radius 1 is 1.09 bits per heavy atom. The van der Waals surface area contributed by atoms with E-state index in [2.05, 4.69) is 0 Å². The Hall–Kier alpha value is -3.96. The van der Waals surface area contributed by atoms with Crippen LogP contribution in [0, 0.1) is 17.1 Å². The summed E-state index contributed by atoms with van der Waals surface area (Å²) in [7, 11) is 1.42. The molecule has 164 valence electrons. The van der Waals surface area contributed by atoms with Crippen molar-refractivity contribution in [3.63, 3.8) is 0 Å². The van der Waals surface area contributed by atoms with E-state index in [1.807, 2.05) is 6.07 Å². The summed E-state index contributed by atoms with van der Waals surface area (Å²) in [6.45, 7) is 1.74. The van der Waals surface area contributed by atoms with Crippen molar-refractivity contribution < 1.29 is 28.2 Å². The van der Waals surface area contributed by atoms with Crippen molar-refractivity contribution in [2.75, 3.05) is 33.4 Å². The van der Waals surface area contributed by atoms with Crippen LogP contribution in [0.15, 0.2) is 54.1 Å². The maximum absolute atomic E-state index is 13.0. The van der Waals surface area contributed by atoms with Gasteiger partial charge in [-0.05, 0) is 47.5 Å². The van der Waals surface area contributed by atoms with Crippen LogP contribution in [0.25, 0.3) is 12.2 Å². The normalized spacial score (nSPS) is 14.2. The maximum Gasteiger partial charge on any atom is 0.336 e. The first-order valence-electron chi connectivity index (χ1n) is 9.82. The molecule has 1 fully saturated rings. The number of nitriles is 1. The molecule has 0 radical (unpaired) electrons. The SMILES string of the molecule is COc1cc(/C=C(\C#N)C(=O)N2CCOCC2)ccc1OC(=O)/C=C/c1ccc(F)cc1. The number of hydrogen-bond donors (Lipinski definition) is 0. The number of carbonyl (C=O) groups excluding carboxylic acids is 2. The summed E-state index contributed by atoms with van der Waals surface area (Å²) in [6, 6.07) is 12.3. The molecular weight excluding hydrogens is 415 g/mol. The molecule has 7 nitrogen and oxygen atoms in total. The van der Waals surface area contributed by atoms with Gasteiger partial charge in [-0.1, -0.05) is 18.2 Å². The Morgan fingerprint density at radius 3 is 2.44 bits per heavy atom. The molecule has 2 aromatic rings. The molecule has 1 amide bonds. The van der Waals surface area contributed by atoms with E-state index in [4.69, 9.17) is 14.2 Å². The van der Waals surface area contributed by atoms with Gasteiger partial charge in [0, 0.05) is 19.2 Å². The number of rotatable bonds is 6. The number of halogens is 1. The first kappa shape index (κ1) is 22.7. The number of nitrogens with zero attached hydrogens (tertiary/aromatic N) is 2. The van der Waals surface area contributed by atoms with E-state index in [1.165, 1.54) is 55.7 Å². The monoisotopic (exact) mass is 436 g/mol. The molecule has 3 rings (SSSR count). The smallest absolute Gasteiger partial charge is 0.336 e. The lowest BCUT2D eigenvalue weighted by Gasteiger charge is -2.26. The summed E-state index contributed by atoms with van der Waals surface area (Å²) in [5.74, 6) is -0.933. The van der Waals surface area contributed by atoms with Gasteiger partial charge in [-0.2, -0.15) is 5.26 Å². The summed E-state index contributed by atoms with van der Waals surface area (Å²) in [5.41, 5.74) is 1.17. The average molecular weight is 436 g/mol. The van der Waals surface area contributed by atoms with Gasteiger partial charge >= 0.3 is 5.97 Å². The zero-order valence-corrected chi connectivity index (χ0v) is 17.4. The molecule has 32 heavy (non-hydrogen) atoms. The van der Waals surface area contributed by atoms with E-state index in [0.717, 1.165) is 0 Å². The molecule has 1 heterocycles. The molecule has 1 aliphatic rings. The minimum absolute atomic E-state index is 0.0130. The Kier molecular flexibility index (Phi) is 7.73. The maximum atomic E-state index is 13.0. The highest BCUT2D eigenvalue weighted by Crippen LogP contribution is 2.29. The zero-order valence-electron chi connectivity index (χ0n) is 17.4. The van der Waals surface area contributed by atoms with Crippen LogP contribution >= 0.6 is 0 Å². The molecule has 1 aliphatic heterocycles. The van der Waals surface area contributed by atoms with Crippen LogP contribution in [0.1, 0.15) is 11.1 Å². The zero-order chi connectivity index (χ0) is 22.9. The van der Waals surface area contributed by atoms with E-state index >= 15 is 0 Å². The van der Waals surface area contributed by atoms with Crippen molar-refractivity contribution >= 4 is 24.0 Å². The highest BCUT2D eigenvalue weighted by atomic mass is 19.1. The molecule has 1 saturated heterocycles. The number of hydrogen-bond acceptors (Lipinski definition) is 6. The van der Waals surface area contributed by atoms with Crippen molar-refractivity contribution in [1.82, 2.24) is 4.90 Å². The van der Waals surface area contributed by atoms with E-state index < -0.39 is 5.97 Å². The number of esters is 1. The summed E-state index contributed by atoms with van der Waals surface area (Å²) in [6.07, 6.45) is 4.18. The standard InChI is InChI=1S/C24H21FN2O5/c1-30-22-15-18(14-19(16-26)24(29)27-10-12-31-13-11-27)4-8-21(22)32-23(28)9-5-17-2-6-20(25)7-3-17/h2-9,14-15H,10-13H2,1H3/b9-5+,19-14+. The fraction of sp³-hybridized carbons (Fsp3) is 0.208. The van der Waals surface area contributed by atoms with Gasteiger partial charge in [0.05, 0.1) is 20.3 Å². The molecule has 0 bridgehead atoms. The van der Waals surface area contributed by atoms with Crippen LogP contribution in [0.3, 0.4) is 0 Å². The van der Waals surface area contributed by atoms with E-state index in [9.17, 15) is 19.2 Å². The third kappa shape index (κ3) is 6.03. The van der Waals surface area contributed by atoms with Crippen molar-refractivity contribution in [2.24, 2.45) is 0 Å². The lowest BCUT2D eigenvalue weighted by molar-refractivity contribution is -0.130. The van der Waals surface area contributed by atoms with E-state index in [0.29, 0.717) is 37.4 Å². The van der Waals surface area contributed by atoms with Crippen molar-refractivity contribution in [3.8, 4) is 17.6 Å². The lowest BCUT2D eigenvalue weighted by atomic mass is 10.1. The topological polar surface area (TPSA) is 88.9 Å². The Balaban J connectivity index is 1.72. The van der Waals surface area contributed by atoms with Crippen molar-refractivity contribution in [3.05, 3.63) is 71.1 Å². The molecule has 0 atom stereocenters. The van der Waals surface area contributed by atoms with Crippen molar-refractivity contribution in [2.45, 2.75) is 0 Å². The Labute approximate surface area is 184 Å². The predicted octanol–water partition coefficient (Wildman–Crippen LogP) is 3.22. The number of benzene rings is 2. The summed E-state index contributed by atoms with van der Waals surface area (Å²) >= 11 is 0. The van der Waals surface area contributed by atoms with Gasteiger partial charge in [-0.3, -0.25) is 4.79 Å². The molecule has 0 N–H and O–H groups in total. The molecule has 0 aromatic heterocycles. The largest absolute Gasteiger partial charge is 0.493 e. The van der Waals surface area contributed by atoms with Crippen LogP contribution in [0.4, 0.5) is 4.39 Å². The van der Waals surface area contributed by atoms with Gasteiger partial charge in [0.15, 0.2) is 11.5 Å². The van der Waals surface area contributed by atoms with Crippen LogP contribution in [0.2, 0.25) is 0 Å². The average Bonchev–Trinajstić information content (AvgIpc) is 2.83. The quantitative estimate of drug-likeness (QED) is 0.299. The molecule has 0 aliphatic carbocycles. The van der Waals surface area contributed by atoms with E-state index in [1.54, 1.807) is 17.0 Å². The number of morpholine rings is 1. The minimum atomic E-state index is -0.642. The van der Waals surface area contributed by atoms with Gasteiger partial charge in [-0.15, -0.1) is 0 Å². The summed E-state index contributed by atoms with van der Waals surface area (Å²) in [4.78, 5) is 26.3. The summed E-state index contributed by atoms with van der Waals surface area (Å²) < 4.78 is 28.8. The molecule has 0 saturated carbocycles. The second kappa shape index (κ2) is 10.9. The van der Waals surface area contributed by atoms with Gasteiger partial charge in [0.2, 0.25) is 0 Å². The molecule has 8 heteroatoms. The highest BCUT2D eigenvalue weighted by molar-refractivity contribution is 6.01. The minimum Gasteiger partial charge on any atom is -0.493 e. The van der Waals surface area contributed by atoms with Gasteiger partial charge in [0.1, 0.15) is 17.5 Å². The van der Waals surface area contributed by atoms with E-state index in [-0.39, 0.29) is 28.8 Å². The number of ether oxygens (including phenoxy) is 3. The number of carbonyl (C=O) groups is 2. The summed E-state index contributed by atoms with van der Waals surface area (Å²) in [5, 5.41) is 9.43. The van der Waals surface area contributed by atoms with Crippen LogP contribution in [-0.2, 0) is 14.3 Å². The fourth-order valence-corrected chi connectivity index (χ4v) is 2.98. The lowest BCUT2D eigenvalue weighted by Crippen LogP contribution is -2.41. The van der Waals surface area contributed by atoms with Gasteiger partial charge < -0.3 is 19.1 Å². The molecular formula is C24H21FN2O5. The molecule has 0 spiro atoms. The van der Waals surface area contributed by atoms with Gasteiger partial charge in [0.25, 0.3) is 5.91 Å².